The van der Waals surface area contributed by atoms with Crippen LogP contribution >= 0.6 is 0 Å². The SMILES string of the molecule is CCOC(=O)N1CCN(C(=O)c2ccc(C(=O)NCc3ccncc3)cc2)CC1. The Hall–Kier alpha value is -3.42. The monoisotopic (exact) mass is 396 g/mol. The Kier molecular flexibility index (Phi) is 6.78. The summed E-state index contributed by atoms with van der Waals surface area (Å²) in [7, 11) is 0. The number of nitrogens with zero attached hydrogens (tertiary/aromatic N) is 3. The summed E-state index contributed by atoms with van der Waals surface area (Å²) < 4.78 is 4.99. The third-order valence-corrected chi connectivity index (χ3v) is 4.69. The van der Waals surface area contributed by atoms with E-state index in [0.29, 0.717) is 50.5 Å². The molecule has 2 heterocycles. The minimum absolute atomic E-state index is 0.114. The molecule has 1 aromatic carbocycles. The van der Waals surface area contributed by atoms with E-state index in [-0.39, 0.29) is 17.9 Å². The largest absolute Gasteiger partial charge is 0.450 e. The minimum atomic E-state index is -0.346. The van der Waals surface area contributed by atoms with E-state index in [1.807, 2.05) is 12.1 Å². The number of carbonyl (C=O) groups excluding carboxylic acids is 3. The summed E-state index contributed by atoms with van der Waals surface area (Å²) in [6.07, 6.45) is 3.00. The maximum absolute atomic E-state index is 12.7. The van der Waals surface area contributed by atoms with Crippen molar-refractivity contribution in [2.45, 2.75) is 13.5 Å². The van der Waals surface area contributed by atoms with E-state index in [2.05, 4.69) is 10.3 Å². The van der Waals surface area contributed by atoms with Crippen LogP contribution in [0.1, 0.15) is 33.2 Å². The van der Waals surface area contributed by atoms with E-state index < -0.39 is 0 Å². The molecule has 0 atom stereocenters. The van der Waals surface area contributed by atoms with Crippen LogP contribution in [-0.4, -0.2) is 65.5 Å². The quantitative estimate of drug-likeness (QED) is 0.834. The standard InChI is InChI=1S/C21H24N4O4/c1-2-29-21(28)25-13-11-24(12-14-25)20(27)18-5-3-17(4-6-18)19(26)23-15-16-7-9-22-10-8-16/h3-10H,2,11-15H2,1H3,(H,23,26). The number of ether oxygens (including phenoxy) is 1. The molecule has 1 N–H and O–H groups in total. The topological polar surface area (TPSA) is 91.8 Å². The van der Waals surface area contributed by atoms with Crippen molar-refractivity contribution >= 4 is 17.9 Å². The van der Waals surface area contributed by atoms with Crippen molar-refractivity contribution in [3.8, 4) is 0 Å². The number of hydrogen-bond acceptors (Lipinski definition) is 5. The second-order valence-corrected chi connectivity index (χ2v) is 6.59. The van der Waals surface area contributed by atoms with Crippen LogP contribution in [0.15, 0.2) is 48.8 Å². The zero-order valence-electron chi connectivity index (χ0n) is 16.3. The van der Waals surface area contributed by atoms with Crippen molar-refractivity contribution in [1.29, 1.82) is 0 Å². The number of piperazine rings is 1. The van der Waals surface area contributed by atoms with Crippen LogP contribution in [0, 0.1) is 0 Å². The van der Waals surface area contributed by atoms with Crippen LogP contribution in [0.5, 0.6) is 0 Å². The fraction of sp³-hybridized carbons (Fsp3) is 0.333. The lowest BCUT2D eigenvalue weighted by molar-refractivity contribution is 0.0570. The molecule has 0 saturated carbocycles. The molecule has 1 saturated heterocycles. The number of carbonyl (C=O) groups is 3. The lowest BCUT2D eigenvalue weighted by atomic mass is 10.1. The summed E-state index contributed by atoms with van der Waals surface area (Å²) in [6, 6.07) is 10.3. The lowest BCUT2D eigenvalue weighted by Crippen LogP contribution is -2.50. The first kappa shape index (κ1) is 20.3. The first-order valence-electron chi connectivity index (χ1n) is 9.56. The number of hydrogen-bond donors (Lipinski definition) is 1. The second-order valence-electron chi connectivity index (χ2n) is 6.59. The summed E-state index contributed by atoms with van der Waals surface area (Å²) in [4.78, 5) is 44.0. The van der Waals surface area contributed by atoms with Gasteiger partial charge in [-0.25, -0.2) is 4.79 Å². The van der Waals surface area contributed by atoms with Gasteiger partial charge in [-0.15, -0.1) is 0 Å². The molecular weight excluding hydrogens is 372 g/mol. The Morgan fingerprint density at radius 1 is 0.931 bits per heavy atom. The number of rotatable bonds is 5. The van der Waals surface area contributed by atoms with E-state index in [0.717, 1.165) is 5.56 Å². The molecule has 0 aliphatic carbocycles. The van der Waals surface area contributed by atoms with Gasteiger partial charge in [0.25, 0.3) is 11.8 Å². The zero-order valence-corrected chi connectivity index (χ0v) is 16.3. The summed E-state index contributed by atoms with van der Waals surface area (Å²) >= 11 is 0. The molecule has 1 aliphatic heterocycles. The van der Waals surface area contributed by atoms with Gasteiger partial charge in [0.15, 0.2) is 0 Å². The number of amides is 3. The van der Waals surface area contributed by atoms with Crippen LogP contribution in [0.3, 0.4) is 0 Å². The van der Waals surface area contributed by atoms with E-state index in [4.69, 9.17) is 4.74 Å². The Morgan fingerprint density at radius 3 is 2.14 bits per heavy atom. The molecule has 3 rings (SSSR count). The van der Waals surface area contributed by atoms with Gasteiger partial charge in [-0.05, 0) is 48.9 Å². The predicted octanol–water partition coefficient (Wildman–Crippen LogP) is 1.93. The molecule has 1 fully saturated rings. The maximum Gasteiger partial charge on any atom is 0.409 e. The summed E-state index contributed by atoms with van der Waals surface area (Å²) in [5, 5.41) is 2.84. The Labute approximate surface area is 169 Å². The molecule has 8 nitrogen and oxygen atoms in total. The number of benzene rings is 1. The molecule has 29 heavy (non-hydrogen) atoms. The first-order valence-corrected chi connectivity index (χ1v) is 9.56. The van der Waals surface area contributed by atoms with Crippen molar-refractivity contribution in [2.24, 2.45) is 0 Å². The van der Waals surface area contributed by atoms with Gasteiger partial charge in [0.2, 0.25) is 0 Å². The van der Waals surface area contributed by atoms with Crippen molar-refractivity contribution in [1.82, 2.24) is 20.1 Å². The summed E-state index contributed by atoms with van der Waals surface area (Å²) in [5.74, 6) is -0.318. The van der Waals surface area contributed by atoms with Gasteiger partial charge in [-0.1, -0.05) is 0 Å². The first-order chi connectivity index (χ1) is 14.1. The van der Waals surface area contributed by atoms with Gasteiger partial charge in [0, 0.05) is 56.2 Å². The van der Waals surface area contributed by atoms with Gasteiger partial charge >= 0.3 is 6.09 Å². The Bertz CT molecular complexity index is 847. The van der Waals surface area contributed by atoms with Crippen molar-refractivity contribution in [3.63, 3.8) is 0 Å². The number of nitrogens with one attached hydrogen (secondary N) is 1. The molecule has 0 unspecified atom stereocenters. The Morgan fingerprint density at radius 2 is 1.52 bits per heavy atom. The second kappa shape index (κ2) is 9.68. The fourth-order valence-corrected chi connectivity index (χ4v) is 3.04. The van der Waals surface area contributed by atoms with Gasteiger partial charge in [0.05, 0.1) is 6.61 Å². The van der Waals surface area contributed by atoms with Crippen LogP contribution in [0.2, 0.25) is 0 Å². The molecule has 0 radical (unpaired) electrons. The molecule has 2 aromatic rings. The molecule has 1 aromatic heterocycles. The fourth-order valence-electron chi connectivity index (χ4n) is 3.04. The van der Waals surface area contributed by atoms with Gasteiger partial charge in [-0.3, -0.25) is 14.6 Å². The van der Waals surface area contributed by atoms with Crippen molar-refractivity contribution in [2.75, 3.05) is 32.8 Å². The van der Waals surface area contributed by atoms with Gasteiger partial charge < -0.3 is 19.9 Å². The van der Waals surface area contributed by atoms with E-state index in [1.54, 1.807) is 53.4 Å². The van der Waals surface area contributed by atoms with E-state index >= 15 is 0 Å². The molecule has 1 aliphatic rings. The number of aromatic nitrogens is 1. The van der Waals surface area contributed by atoms with Gasteiger partial charge in [-0.2, -0.15) is 0 Å². The zero-order chi connectivity index (χ0) is 20.6. The number of pyridine rings is 1. The average Bonchev–Trinajstić information content (AvgIpc) is 2.78. The molecule has 0 bridgehead atoms. The maximum atomic E-state index is 12.7. The van der Waals surface area contributed by atoms with E-state index in [1.165, 1.54) is 0 Å². The molecule has 0 spiro atoms. The van der Waals surface area contributed by atoms with E-state index in [9.17, 15) is 14.4 Å². The summed E-state index contributed by atoms with van der Waals surface area (Å²) in [5.41, 5.74) is 1.96. The van der Waals surface area contributed by atoms with Crippen LogP contribution in [0.4, 0.5) is 4.79 Å². The molecule has 152 valence electrons. The third kappa shape index (κ3) is 5.31. The Balaban J connectivity index is 1.52. The van der Waals surface area contributed by atoms with Crippen LogP contribution in [0.25, 0.3) is 0 Å². The summed E-state index contributed by atoms with van der Waals surface area (Å²) in [6.45, 7) is 4.30. The van der Waals surface area contributed by atoms with Gasteiger partial charge in [0.1, 0.15) is 0 Å². The highest BCUT2D eigenvalue weighted by atomic mass is 16.6. The lowest BCUT2D eigenvalue weighted by Gasteiger charge is -2.34. The van der Waals surface area contributed by atoms with Crippen LogP contribution in [-0.2, 0) is 11.3 Å². The average molecular weight is 396 g/mol. The minimum Gasteiger partial charge on any atom is -0.450 e. The highest BCUT2D eigenvalue weighted by Crippen LogP contribution is 2.11. The third-order valence-electron chi connectivity index (χ3n) is 4.69. The van der Waals surface area contributed by atoms with Crippen molar-refractivity contribution in [3.05, 3.63) is 65.5 Å². The molecule has 8 heteroatoms. The molecule has 3 amide bonds. The highest BCUT2D eigenvalue weighted by Gasteiger charge is 2.25. The highest BCUT2D eigenvalue weighted by molar-refractivity contribution is 5.97. The molecular formula is C21H24N4O4. The predicted molar refractivity (Wildman–Crippen MR) is 106 cm³/mol. The normalized spacial score (nSPS) is 13.7. The smallest absolute Gasteiger partial charge is 0.409 e. The van der Waals surface area contributed by atoms with Crippen molar-refractivity contribution < 1.29 is 19.1 Å². The van der Waals surface area contributed by atoms with Crippen LogP contribution < -0.4 is 5.32 Å².